The first-order valence-corrected chi connectivity index (χ1v) is 8.62. The van der Waals surface area contributed by atoms with Crippen LogP contribution in [0.25, 0.3) is 0 Å². The van der Waals surface area contributed by atoms with E-state index in [1.54, 1.807) is 0 Å². The Hall–Kier alpha value is -3.28. The predicted octanol–water partition coefficient (Wildman–Crippen LogP) is 3.73. The molecule has 0 unspecified atom stereocenters. The number of carbonyl (C=O) groups excluding carboxylic acids is 2. The van der Waals surface area contributed by atoms with Crippen LogP contribution < -0.4 is 4.74 Å². The number of hydrogen-bond acceptors (Lipinski definition) is 5. The van der Waals surface area contributed by atoms with E-state index in [0.717, 1.165) is 4.57 Å². The van der Waals surface area contributed by atoms with Gasteiger partial charge in [0.2, 0.25) is 5.78 Å². The van der Waals surface area contributed by atoms with Crippen LogP contribution in [0, 0.1) is 25.2 Å². The molecule has 29 heavy (non-hydrogen) atoms. The summed E-state index contributed by atoms with van der Waals surface area (Å²) in [4.78, 5) is 24.4. The number of carbonyl (C=O) groups is 2. The highest BCUT2D eigenvalue weighted by Crippen LogP contribution is 2.23. The minimum absolute atomic E-state index is 0.0696. The fourth-order valence-corrected chi connectivity index (χ4v) is 2.70. The molecule has 0 aliphatic rings. The number of esters is 1. The van der Waals surface area contributed by atoms with E-state index in [9.17, 15) is 22.8 Å². The number of hydrogen-bond donors (Lipinski definition) is 0. The zero-order valence-electron chi connectivity index (χ0n) is 16.0. The number of halogens is 3. The van der Waals surface area contributed by atoms with Gasteiger partial charge >= 0.3 is 12.1 Å². The summed E-state index contributed by atoms with van der Waals surface area (Å²) in [6.07, 6.45) is -5.44. The highest BCUT2D eigenvalue weighted by atomic mass is 19.4. The highest BCUT2D eigenvalue weighted by molar-refractivity contribution is 5.99. The zero-order chi connectivity index (χ0) is 21.8. The van der Waals surface area contributed by atoms with E-state index >= 15 is 0 Å². The standard InChI is InChI=1S/C20H19F3N2O4/c1-12-8-17(13(2)25(12)11-20(21,22)23)18(26)10-28-19(27)14(3)29-16-6-4-15(9-24)5-7-16/h4-8,14H,10-11H2,1-3H3/t14-/m1/s1. The fourth-order valence-electron chi connectivity index (χ4n) is 2.70. The van der Waals surface area contributed by atoms with Crippen LogP contribution in [0.3, 0.4) is 0 Å². The number of nitriles is 1. The second kappa shape index (κ2) is 8.82. The quantitative estimate of drug-likeness (QED) is 0.515. The number of aryl methyl sites for hydroxylation is 1. The van der Waals surface area contributed by atoms with Gasteiger partial charge in [-0.15, -0.1) is 0 Å². The summed E-state index contributed by atoms with van der Waals surface area (Å²) in [7, 11) is 0. The molecule has 0 N–H and O–H groups in total. The molecule has 0 aliphatic heterocycles. The van der Waals surface area contributed by atoms with Crippen molar-refractivity contribution in [2.45, 2.75) is 39.6 Å². The van der Waals surface area contributed by atoms with Crippen molar-refractivity contribution in [3.63, 3.8) is 0 Å². The second-order valence-electron chi connectivity index (χ2n) is 6.41. The van der Waals surface area contributed by atoms with E-state index in [1.807, 2.05) is 6.07 Å². The van der Waals surface area contributed by atoms with Crippen molar-refractivity contribution in [3.05, 3.63) is 52.8 Å². The summed E-state index contributed by atoms with van der Waals surface area (Å²) < 4.78 is 49.3. The van der Waals surface area contributed by atoms with Gasteiger partial charge in [-0.3, -0.25) is 4.79 Å². The molecule has 9 heteroatoms. The number of benzene rings is 1. The van der Waals surface area contributed by atoms with Gasteiger partial charge in [-0.25, -0.2) is 4.79 Å². The van der Waals surface area contributed by atoms with Crippen molar-refractivity contribution in [1.29, 1.82) is 5.26 Å². The number of rotatable bonds is 7. The van der Waals surface area contributed by atoms with Gasteiger partial charge in [0.05, 0.1) is 11.6 Å². The number of nitrogens with zero attached hydrogens (tertiary/aromatic N) is 2. The van der Waals surface area contributed by atoms with Crippen molar-refractivity contribution < 1.29 is 32.2 Å². The van der Waals surface area contributed by atoms with Crippen LogP contribution in [0.1, 0.15) is 34.2 Å². The Kier molecular flexibility index (Phi) is 6.69. The Balaban J connectivity index is 1.96. The molecule has 1 aromatic heterocycles. The molecule has 0 aliphatic carbocycles. The summed E-state index contributed by atoms with van der Waals surface area (Å²) in [5.41, 5.74) is 0.941. The summed E-state index contributed by atoms with van der Waals surface area (Å²) >= 11 is 0. The third-order valence-electron chi connectivity index (χ3n) is 4.19. The van der Waals surface area contributed by atoms with Gasteiger partial charge in [0.25, 0.3) is 0 Å². The first-order valence-electron chi connectivity index (χ1n) is 8.62. The molecule has 154 valence electrons. The third kappa shape index (κ3) is 5.85. The van der Waals surface area contributed by atoms with Gasteiger partial charge in [-0.2, -0.15) is 18.4 Å². The fraction of sp³-hybridized carbons (Fsp3) is 0.350. The Morgan fingerprint density at radius 3 is 2.38 bits per heavy atom. The van der Waals surface area contributed by atoms with Crippen LogP contribution in [0.2, 0.25) is 0 Å². The van der Waals surface area contributed by atoms with Crippen molar-refractivity contribution in [1.82, 2.24) is 4.57 Å². The zero-order valence-corrected chi connectivity index (χ0v) is 16.0. The topological polar surface area (TPSA) is 81.3 Å². The van der Waals surface area contributed by atoms with E-state index in [-0.39, 0.29) is 17.0 Å². The number of aromatic nitrogens is 1. The van der Waals surface area contributed by atoms with Crippen molar-refractivity contribution in [2.24, 2.45) is 0 Å². The lowest BCUT2D eigenvalue weighted by molar-refractivity contribution is -0.149. The molecule has 2 rings (SSSR count). The summed E-state index contributed by atoms with van der Waals surface area (Å²) in [5.74, 6) is -1.06. The molecule has 1 atom stereocenters. The predicted molar refractivity (Wildman–Crippen MR) is 96.5 cm³/mol. The molecule has 0 radical (unpaired) electrons. The summed E-state index contributed by atoms with van der Waals surface area (Å²) in [5, 5.41) is 8.75. The largest absolute Gasteiger partial charge is 0.479 e. The second-order valence-corrected chi connectivity index (χ2v) is 6.41. The average Bonchev–Trinajstić information content (AvgIpc) is 2.93. The summed E-state index contributed by atoms with van der Waals surface area (Å²) in [6.45, 7) is 2.49. The van der Waals surface area contributed by atoms with Crippen molar-refractivity contribution in [2.75, 3.05) is 6.61 Å². The lowest BCUT2D eigenvalue weighted by atomic mass is 10.1. The first kappa shape index (κ1) is 22.0. The van der Waals surface area contributed by atoms with E-state index < -0.39 is 37.2 Å². The Morgan fingerprint density at radius 1 is 1.21 bits per heavy atom. The molecule has 0 bridgehead atoms. The van der Waals surface area contributed by atoms with Crippen molar-refractivity contribution in [3.8, 4) is 11.8 Å². The Labute approximate surface area is 165 Å². The SMILES string of the molecule is Cc1cc(C(=O)COC(=O)[C@@H](C)Oc2ccc(C#N)cc2)c(C)n1CC(F)(F)F. The molecule has 0 spiro atoms. The third-order valence-corrected chi connectivity index (χ3v) is 4.19. The van der Waals surface area contributed by atoms with Crippen LogP contribution >= 0.6 is 0 Å². The van der Waals surface area contributed by atoms with Crippen LogP contribution in [-0.4, -0.2) is 35.2 Å². The van der Waals surface area contributed by atoms with E-state index in [1.165, 1.54) is 51.1 Å². The minimum atomic E-state index is -4.42. The molecule has 1 heterocycles. The van der Waals surface area contributed by atoms with Crippen molar-refractivity contribution >= 4 is 11.8 Å². The molecule has 0 saturated heterocycles. The highest BCUT2D eigenvalue weighted by Gasteiger charge is 2.30. The van der Waals surface area contributed by atoms with Gasteiger partial charge in [-0.1, -0.05) is 0 Å². The summed E-state index contributed by atoms with van der Waals surface area (Å²) in [6, 6.07) is 9.37. The molecule has 1 aromatic carbocycles. The Morgan fingerprint density at radius 2 is 1.83 bits per heavy atom. The molecule has 0 fully saturated rings. The average molecular weight is 408 g/mol. The molecule has 0 saturated carbocycles. The molecule has 0 amide bonds. The lowest BCUT2D eigenvalue weighted by Gasteiger charge is -2.14. The Bertz CT molecular complexity index is 940. The van der Waals surface area contributed by atoms with Crippen LogP contribution in [0.4, 0.5) is 13.2 Å². The number of ketones is 1. The normalized spacial score (nSPS) is 12.2. The van der Waals surface area contributed by atoms with Gasteiger partial charge < -0.3 is 14.0 Å². The number of Topliss-reactive ketones (excluding diaryl/α,β-unsaturated/α-hetero) is 1. The number of ether oxygens (including phenoxy) is 2. The van der Waals surface area contributed by atoms with E-state index in [4.69, 9.17) is 14.7 Å². The molecular formula is C20H19F3N2O4. The molecule has 2 aromatic rings. The maximum atomic E-state index is 12.7. The van der Waals surface area contributed by atoms with Gasteiger partial charge in [0.15, 0.2) is 12.7 Å². The van der Waals surface area contributed by atoms with Gasteiger partial charge in [0.1, 0.15) is 12.3 Å². The molecular weight excluding hydrogens is 389 g/mol. The maximum Gasteiger partial charge on any atom is 0.406 e. The molecule has 6 nitrogen and oxygen atoms in total. The van der Waals surface area contributed by atoms with Crippen LogP contribution in [0.5, 0.6) is 5.75 Å². The van der Waals surface area contributed by atoms with E-state index in [0.29, 0.717) is 11.3 Å². The smallest absolute Gasteiger partial charge is 0.406 e. The number of alkyl halides is 3. The minimum Gasteiger partial charge on any atom is -0.479 e. The van der Waals surface area contributed by atoms with Gasteiger partial charge in [0, 0.05) is 17.0 Å². The van der Waals surface area contributed by atoms with Crippen LogP contribution in [0.15, 0.2) is 30.3 Å². The first-order chi connectivity index (χ1) is 13.5. The van der Waals surface area contributed by atoms with E-state index in [2.05, 4.69) is 0 Å². The monoisotopic (exact) mass is 408 g/mol. The maximum absolute atomic E-state index is 12.7. The van der Waals surface area contributed by atoms with Crippen LogP contribution in [-0.2, 0) is 16.1 Å². The van der Waals surface area contributed by atoms with Gasteiger partial charge in [-0.05, 0) is 51.1 Å². The lowest BCUT2D eigenvalue weighted by Crippen LogP contribution is -2.28.